The standard InChI is InChI=1S/C25H23ClN6O3S/c1-14-28-22-9-19(23-11-27-36-30-23)21(29-17-6-7-31-18(8-17)13-35-25(31)34)10-20(22)24(33)32(14)12-15-2-4-16(26)5-3-15/h2-5,9-11,17-18,29H,6-8,12-13H2,1H3/t17-,18-/m0/s1. The number of piperidine rings is 1. The molecule has 1 N–H and O–H groups in total. The zero-order chi connectivity index (χ0) is 24.8. The number of aryl methyl sites for hydroxylation is 1. The fourth-order valence-electron chi connectivity index (χ4n) is 5.00. The molecule has 184 valence electrons. The van der Waals surface area contributed by atoms with Gasteiger partial charge in [0, 0.05) is 28.9 Å². The van der Waals surface area contributed by atoms with Gasteiger partial charge in [-0.3, -0.25) is 9.36 Å². The lowest BCUT2D eigenvalue weighted by Gasteiger charge is -2.33. The predicted molar refractivity (Wildman–Crippen MR) is 139 cm³/mol. The monoisotopic (exact) mass is 522 g/mol. The van der Waals surface area contributed by atoms with Gasteiger partial charge in [0.1, 0.15) is 18.1 Å². The molecule has 0 radical (unpaired) electrons. The Morgan fingerprint density at radius 1 is 1.22 bits per heavy atom. The van der Waals surface area contributed by atoms with Gasteiger partial charge in [-0.1, -0.05) is 23.7 Å². The van der Waals surface area contributed by atoms with Gasteiger partial charge in [-0.25, -0.2) is 9.78 Å². The van der Waals surface area contributed by atoms with Gasteiger partial charge in [-0.05, 0) is 49.6 Å². The van der Waals surface area contributed by atoms with Crippen LogP contribution in [0.15, 0.2) is 47.4 Å². The van der Waals surface area contributed by atoms with Crippen molar-refractivity contribution >= 4 is 46.0 Å². The highest BCUT2D eigenvalue weighted by molar-refractivity contribution is 6.99. The van der Waals surface area contributed by atoms with Gasteiger partial charge < -0.3 is 15.0 Å². The van der Waals surface area contributed by atoms with Crippen molar-refractivity contribution in [2.45, 2.75) is 38.4 Å². The third-order valence-electron chi connectivity index (χ3n) is 6.88. The van der Waals surface area contributed by atoms with Gasteiger partial charge in [0.15, 0.2) is 0 Å². The summed E-state index contributed by atoms with van der Waals surface area (Å²) in [4.78, 5) is 32.1. The van der Waals surface area contributed by atoms with Crippen LogP contribution < -0.4 is 10.9 Å². The first-order valence-corrected chi connectivity index (χ1v) is 12.8. The number of anilines is 1. The molecule has 2 saturated heterocycles. The molecule has 2 atom stereocenters. The molecule has 0 aliphatic carbocycles. The smallest absolute Gasteiger partial charge is 0.410 e. The van der Waals surface area contributed by atoms with E-state index in [1.165, 1.54) is 0 Å². The van der Waals surface area contributed by atoms with Crippen molar-refractivity contribution in [3.05, 3.63) is 69.4 Å². The number of aromatic nitrogens is 4. The molecule has 9 nitrogen and oxygen atoms in total. The number of hydrogen-bond acceptors (Lipinski definition) is 8. The summed E-state index contributed by atoms with van der Waals surface area (Å²) in [6.07, 6.45) is 3.04. The number of ether oxygens (including phenoxy) is 1. The molecule has 2 aliphatic heterocycles. The molecule has 2 fully saturated rings. The van der Waals surface area contributed by atoms with Gasteiger partial charge in [0.25, 0.3) is 5.56 Å². The Hall–Kier alpha value is -3.50. The Kier molecular flexibility index (Phi) is 5.85. The van der Waals surface area contributed by atoms with Crippen LogP contribution in [0.2, 0.25) is 5.02 Å². The summed E-state index contributed by atoms with van der Waals surface area (Å²) < 4.78 is 15.5. The van der Waals surface area contributed by atoms with Crippen LogP contribution in [0.25, 0.3) is 22.2 Å². The van der Waals surface area contributed by atoms with Crippen molar-refractivity contribution in [3.63, 3.8) is 0 Å². The van der Waals surface area contributed by atoms with Gasteiger partial charge in [0.2, 0.25) is 0 Å². The van der Waals surface area contributed by atoms with Crippen LogP contribution in [-0.4, -0.2) is 54.5 Å². The highest BCUT2D eigenvalue weighted by Crippen LogP contribution is 2.33. The normalized spacial score (nSPS) is 19.4. The Labute approximate surface area is 216 Å². The Balaban J connectivity index is 1.39. The second kappa shape index (κ2) is 9.18. The number of halogens is 1. The molecule has 2 aliphatic rings. The number of nitrogens with one attached hydrogen (secondary N) is 1. The fourth-order valence-corrected chi connectivity index (χ4v) is 5.56. The summed E-state index contributed by atoms with van der Waals surface area (Å²) in [5.74, 6) is 0.629. The van der Waals surface area contributed by atoms with E-state index in [0.717, 1.165) is 47.1 Å². The van der Waals surface area contributed by atoms with Crippen LogP contribution in [0.1, 0.15) is 24.2 Å². The Morgan fingerprint density at radius 3 is 2.83 bits per heavy atom. The zero-order valence-electron chi connectivity index (χ0n) is 19.5. The van der Waals surface area contributed by atoms with Crippen molar-refractivity contribution in [1.29, 1.82) is 0 Å². The number of rotatable bonds is 5. The summed E-state index contributed by atoms with van der Waals surface area (Å²) in [7, 11) is 0. The second-order valence-electron chi connectivity index (χ2n) is 9.17. The fraction of sp³-hybridized carbons (Fsp3) is 0.320. The van der Waals surface area contributed by atoms with Crippen LogP contribution in [0, 0.1) is 6.92 Å². The molecular formula is C25H23ClN6O3S. The number of fused-ring (bicyclic) bond motifs is 2. The summed E-state index contributed by atoms with van der Waals surface area (Å²) in [5.41, 5.74) is 3.85. The van der Waals surface area contributed by atoms with Crippen molar-refractivity contribution in [1.82, 2.24) is 23.2 Å². The minimum absolute atomic E-state index is 0.0644. The number of cyclic esters (lactones) is 1. The van der Waals surface area contributed by atoms with E-state index in [9.17, 15) is 9.59 Å². The van der Waals surface area contributed by atoms with Gasteiger partial charge >= 0.3 is 6.09 Å². The van der Waals surface area contributed by atoms with Crippen molar-refractivity contribution in [2.24, 2.45) is 0 Å². The maximum absolute atomic E-state index is 13.6. The number of nitrogens with zero attached hydrogens (tertiary/aromatic N) is 5. The molecular weight excluding hydrogens is 500 g/mol. The molecule has 0 unspecified atom stereocenters. The van der Waals surface area contributed by atoms with Gasteiger partial charge in [0.05, 0.1) is 41.4 Å². The average Bonchev–Trinajstić information content (AvgIpc) is 3.53. The van der Waals surface area contributed by atoms with Gasteiger partial charge in [-0.2, -0.15) is 8.75 Å². The van der Waals surface area contributed by atoms with E-state index in [2.05, 4.69) is 14.1 Å². The lowest BCUT2D eigenvalue weighted by Crippen LogP contribution is -2.45. The molecule has 6 rings (SSSR count). The van der Waals surface area contributed by atoms with E-state index in [0.29, 0.717) is 41.4 Å². The highest BCUT2D eigenvalue weighted by Gasteiger charge is 2.38. The number of benzene rings is 2. The van der Waals surface area contributed by atoms with Crippen LogP contribution in [0.5, 0.6) is 0 Å². The Bertz CT molecular complexity index is 1510. The summed E-state index contributed by atoms with van der Waals surface area (Å²) in [5, 5.41) is 4.81. The third-order valence-corrected chi connectivity index (χ3v) is 7.61. The van der Waals surface area contributed by atoms with Crippen molar-refractivity contribution in [3.8, 4) is 11.3 Å². The maximum Gasteiger partial charge on any atom is 0.410 e. The molecule has 2 aromatic carbocycles. The molecule has 1 amide bonds. The van der Waals surface area contributed by atoms with E-state index in [4.69, 9.17) is 21.3 Å². The molecule has 2 aromatic heterocycles. The molecule has 0 saturated carbocycles. The topological polar surface area (TPSA) is 102 Å². The van der Waals surface area contributed by atoms with Crippen LogP contribution in [-0.2, 0) is 11.3 Å². The van der Waals surface area contributed by atoms with E-state index < -0.39 is 0 Å². The Morgan fingerprint density at radius 2 is 2.06 bits per heavy atom. The third kappa shape index (κ3) is 4.20. The predicted octanol–water partition coefficient (Wildman–Crippen LogP) is 4.32. The first-order chi connectivity index (χ1) is 17.5. The molecule has 4 aromatic rings. The maximum atomic E-state index is 13.6. The quantitative estimate of drug-likeness (QED) is 0.416. The first kappa shape index (κ1) is 22.9. The molecule has 11 heteroatoms. The van der Waals surface area contributed by atoms with Crippen LogP contribution >= 0.6 is 23.3 Å². The van der Waals surface area contributed by atoms with Crippen molar-refractivity contribution < 1.29 is 9.53 Å². The summed E-state index contributed by atoms with van der Waals surface area (Å²) in [6, 6.07) is 11.4. The second-order valence-corrected chi connectivity index (χ2v) is 10.2. The molecule has 36 heavy (non-hydrogen) atoms. The number of carbonyl (C=O) groups excluding carboxylic acids is 1. The van der Waals surface area contributed by atoms with E-state index >= 15 is 0 Å². The summed E-state index contributed by atoms with van der Waals surface area (Å²) >= 11 is 7.16. The van der Waals surface area contributed by atoms with Gasteiger partial charge in [-0.15, -0.1) is 0 Å². The summed E-state index contributed by atoms with van der Waals surface area (Å²) in [6.45, 7) is 3.29. The average molecular weight is 523 g/mol. The zero-order valence-corrected chi connectivity index (χ0v) is 21.1. The minimum Gasteiger partial charge on any atom is -0.447 e. The van der Waals surface area contributed by atoms with Crippen LogP contribution in [0.3, 0.4) is 0 Å². The lowest BCUT2D eigenvalue weighted by atomic mass is 9.97. The van der Waals surface area contributed by atoms with E-state index in [1.807, 2.05) is 43.3 Å². The number of hydrogen-bond donors (Lipinski definition) is 1. The SMILES string of the molecule is Cc1nc2cc(-c3cnsn3)c(N[C@H]3CCN4C(=O)OC[C@@H]4C3)cc2c(=O)n1Cc1ccc(Cl)cc1. The van der Waals surface area contributed by atoms with Crippen LogP contribution in [0.4, 0.5) is 10.5 Å². The largest absolute Gasteiger partial charge is 0.447 e. The minimum atomic E-state index is -0.235. The van der Waals surface area contributed by atoms with E-state index in [1.54, 1.807) is 15.7 Å². The van der Waals surface area contributed by atoms with E-state index in [-0.39, 0.29) is 23.7 Å². The van der Waals surface area contributed by atoms with Crippen molar-refractivity contribution in [2.75, 3.05) is 18.5 Å². The molecule has 0 bridgehead atoms. The number of carbonyl (C=O) groups is 1. The number of amides is 1. The lowest BCUT2D eigenvalue weighted by molar-refractivity contribution is 0.153. The molecule has 0 spiro atoms. The first-order valence-electron chi connectivity index (χ1n) is 11.7. The highest BCUT2D eigenvalue weighted by atomic mass is 35.5. The molecule has 4 heterocycles.